The molecule has 0 saturated carbocycles. The summed E-state index contributed by atoms with van der Waals surface area (Å²) >= 11 is 3.28. The number of sulfone groups is 1. The van der Waals surface area contributed by atoms with E-state index >= 15 is 0 Å². The molecular formula is C19H21BrN2O4S. The van der Waals surface area contributed by atoms with E-state index in [9.17, 15) is 13.2 Å². The Kier molecular flexibility index (Phi) is 6.51. The van der Waals surface area contributed by atoms with Crippen molar-refractivity contribution in [2.75, 3.05) is 42.3 Å². The third-order valence-electron chi connectivity index (χ3n) is 4.28. The standard InChI is InChI=1S/C19H21BrN2O4S/c20-15-4-6-18(7-5-15)27(24,25)13-8-19(23)21-16-2-1-3-17(14-16)22-9-11-26-12-10-22/h1-7,14H,8-13H2,(H,21,23). The Bertz CT molecular complexity index is 894. The molecule has 144 valence electrons. The fraction of sp³-hybridized carbons (Fsp3) is 0.316. The fourth-order valence-corrected chi connectivity index (χ4v) is 4.32. The zero-order valence-electron chi connectivity index (χ0n) is 14.7. The van der Waals surface area contributed by atoms with E-state index < -0.39 is 9.84 Å². The van der Waals surface area contributed by atoms with Crippen LogP contribution in [0.1, 0.15) is 6.42 Å². The number of morpholine rings is 1. The molecule has 1 fully saturated rings. The Morgan fingerprint density at radius 2 is 1.81 bits per heavy atom. The normalized spacial score (nSPS) is 14.8. The van der Waals surface area contributed by atoms with Gasteiger partial charge in [-0.3, -0.25) is 4.79 Å². The third-order valence-corrected chi connectivity index (χ3v) is 6.54. The first-order valence-corrected chi connectivity index (χ1v) is 11.1. The molecular weight excluding hydrogens is 432 g/mol. The molecule has 0 aromatic heterocycles. The highest BCUT2D eigenvalue weighted by Crippen LogP contribution is 2.21. The van der Waals surface area contributed by atoms with Crippen molar-refractivity contribution in [3.63, 3.8) is 0 Å². The number of hydrogen-bond donors (Lipinski definition) is 1. The number of hydrogen-bond acceptors (Lipinski definition) is 5. The van der Waals surface area contributed by atoms with Gasteiger partial charge in [0.2, 0.25) is 5.91 Å². The minimum absolute atomic E-state index is 0.0970. The molecule has 27 heavy (non-hydrogen) atoms. The number of rotatable bonds is 6. The molecule has 1 aliphatic rings. The summed E-state index contributed by atoms with van der Waals surface area (Å²) in [5.41, 5.74) is 1.67. The predicted octanol–water partition coefficient (Wildman–Crippen LogP) is 3.09. The second-order valence-electron chi connectivity index (χ2n) is 6.22. The van der Waals surface area contributed by atoms with Crippen LogP contribution in [-0.2, 0) is 19.4 Å². The van der Waals surface area contributed by atoms with Crippen LogP contribution in [0.25, 0.3) is 0 Å². The predicted molar refractivity (Wildman–Crippen MR) is 109 cm³/mol. The van der Waals surface area contributed by atoms with Gasteiger partial charge in [0, 0.05) is 35.4 Å². The summed E-state index contributed by atoms with van der Waals surface area (Å²) in [5, 5.41) is 2.79. The van der Waals surface area contributed by atoms with Crippen molar-refractivity contribution in [2.24, 2.45) is 0 Å². The summed E-state index contributed by atoms with van der Waals surface area (Å²) in [6.07, 6.45) is -0.0970. The molecule has 0 spiro atoms. The summed E-state index contributed by atoms with van der Waals surface area (Å²) in [6, 6.07) is 14.0. The number of benzene rings is 2. The van der Waals surface area contributed by atoms with Crippen molar-refractivity contribution in [3.05, 3.63) is 53.0 Å². The Balaban J connectivity index is 1.58. The van der Waals surface area contributed by atoms with Gasteiger partial charge in [-0.15, -0.1) is 0 Å². The monoisotopic (exact) mass is 452 g/mol. The summed E-state index contributed by atoms with van der Waals surface area (Å²) in [5.74, 6) is -0.557. The van der Waals surface area contributed by atoms with Crippen molar-refractivity contribution < 1.29 is 17.9 Å². The molecule has 2 aromatic carbocycles. The van der Waals surface area contributed by atoms with E-state index in [1.807, 2.05) is 18.2 Å². The molecule has 6 nitrogen and oxygen atoms in total. The van der Waals surface area contributed by atoms with E-state index in [4.69, 9.17) is 4.74 Å². The first-order chi connectivity index (χ1) is 12.9. The third kappa shape index (κ3) is 5.54. The molecule has 0 atom stereocenters. The second-order valence-corrected chi connectivity index (χ2v) is 9.25. The second kappa shape index (κ2) is 8.86. The number of ether oxygens (including phenoxy) is 1. The molecule has 1 amide bonds. The molecule has 2 aromatic rings. The van der Waals surface area contributed by atoms with Gasteiger partial charge >= 0.3 is 0 Å². The summed E-state index contributed by atoms with van der Waals surface area (Å²) in [4.78, 5) is 14.6. The van der Waals surface area contributed by atoms with Crippen molar-refractivity contribution in [1.29, 1.82) is 0 Å². The van der Waals surface area contributed by atoms with E-state index in [-0.39, 0.29) is 23.0 Å². The highest BCUT2D eigenvalue weighted by Gasteiger charge is 2.17. The number of nitrogens with zero attached hydrogens (tertiary/aromatic N) is 1. The molecule has 1 aliphatic heterocycles. The van der Waals surface area contributed by atoms with Gasteiger partial charge in [-0.1, -0.05) is 22.0 Å². The van der Waals surface area contributed by atoms with E-state index in [0.717, 1.165) is 23.2 Å². The number of carbonyl (C=O) groups excluding carboxylic acids is 1. The van der Waals surface area contributed by atoms with Gasteiger partial charge in [-0.25, -0.2) is 8.42 Å². The molecule has 1 heterocycles. The van der Waals surface area contributed by atoms with Crippen LogP contribution in [0.5, 0.6) is 0 Å². The number of halogens is 1. The highest BCUT2D eigenvalue weighted by atomic mass is 79.9. The molecule has 1 saturated heterocycles. The van der Waals surface area contributed by atoms with Crippen LogP contribution in [-0.4, -0.2) is 46.4 Å². The minimum Gasteiger partial charge on any atom is -0.378 e. The lowest BCUT2D eigenvalue weighted by Crippen LogP contribution is -2.36. The topological polar surface area (TPSA) is 75.7 Å². The van der Waals surface area contributed by atoms with Crippen LogP contribution in [0.2, 0.25) is 0 Å². The molecule has 0 unspecified atom stereocenters. The molecule has 0 bridgehead atoms. The average molecular weight is 453 g/mol. The largest absolute Gasteiger partial charge is 0.378 e. The number of amides is 1. The quantitative estimate of drug-likeness (QED) is 0.728. The van der Waals surface area contributed by atoms with Crippen LogP contribution in [0.15, 0.2) is 57.9 Å². The Morgan fingerprint density at radius 3 is 2.52 bits per heavy atom. The first-order valence-electron chi connectivity index (χ1n) is 8.65. The lowest BCUT2D eigenvalue weighted by Gasteiger charge is -2.29. The molecule has 3 rings (SSSR count). The smallest absolute Gasteiger partial charge is 0.225 e. The minimum atomic E-state index is -3.49. The fourth-order valence-electron chi connectivity index (χ4n) is 2.81. The number of carbonyl (C=O) groups is 1. The van der Waals surface area contributed by atoms with Crippen molar-refractivity contribution in [3.8, 4) is 0 Å². The maximum absolute atomic E-state index is 12.3. The van der Waals surface area contributed by atoms with Crippen LogP contribution in [0.3, 0.4) is 0 Å². The average Bonchev–Trinajstić information content (AvgIpc) is 2.68. The zero-order chi connectivity index (χ0) is 19.3. The maximum Gasteiger partial charge on any atom is 0.225 e. The van der Waals surface area contributed by atoms with Gasteiger partial charge in [-0.05, 0) is 42.5 Å². The Hall–Kier alpha value is -1.90. The van der Waals surface area contributed by atoms with Gasteiger partial charge in [-0.2, -0.15) is 0 Å². The van der Waals surface area contributed by atoms with Crippen LogP contribution in [0, 0.1) is 0 Å². The summed E-state index contributed by atoms with van der Waals surface area (Å²) in [6.45, 7) is 2.99. The molecule has 1 N–H and O–H groups in total. The van der Waals surface area contributed by atoms with Gasteiger partial charge in [0.05, 0.1) is 23.9 Å². The summed E-state index contributed by atoms with van der Waals surface area (Å²) in [7, 11) is -3.49. The number of nitrogens with one attached hydrogen (secondary N) is 1. The van der Waals surface area contributed by atoms with Gasteiger partial charge in [0.1, 0.15) is 0 Å². The van der Waals surface area contributed by atoms with Crippen LogP contribution < -0.4 is 10.2 Å². The highest BCUT2D eigenvalue weighted by molar-refractivity contribution is 9.10. The lowest BCUT2D eigenvalue weighted by molar-refractivity contribution is -0.115. The van der Waals surface area contributed by atoms with E-state index in [2.05, 4.69) is 26.1 Å². The molecule has 0 radical (unpaired) electrons. The van der Waals surface area contributed by atoms with Crippen molar-refractivity contribution in [2.45, 2.75) is 11.3 Å². The zero-order valence-corrected chi connectivity index (χ0v) is 17.1. The van der Waals surface area contributed by atoms with E-state index in [1.165, 1.54) is 12.1 Å². The summed E-state index contributed by atoms with van der Waals surface area (Å²) < 4.78 is 30.9. The first kappa shape index (κ1) is 19.9. The van der Waals surface area contributed by atoms with Crippen molar-refractivity contribution >= 4 is 43.0 Å². The lowest BCUT2D eigenvalue weighted by atomic mass is 10.2. The van der Waals surface area contributed by atoms with Crippen LogP contribution >= 0.6 is 15.9 Å². The molecule has 8 heteroatoms. The Morgan fingerprint density at radius 1 is 1.11 bits per heavy atom. The SMILES string of the molecule is O=C(CCS(=O)(=O)c1ccc(Br)cc1)Nc1cccc(N2CCOCC2)c1. The van der Waals surface area contributed by atoms with Gasteiger partial charge in [0.15, 0.2) is 9.84 Å². The van der Waals surface area contributed by atoms with Gasteiger partial charge < -0.3 is 15.0 Å². The Labute approximate surface area is 167 Å². The van der Waals surface area contributed by atoms with E-state index in [0.29, 0.717) is 18.9 Å². The van der Waals surface area contributed by atoms with Crippen molar-refractivity contribution in [1.82, 2.24) is 0 Å². The molecule has 0 aliphatic carbocycles. The van der Waals surface area contributed by atoms with Gasteiger partial charge in [0.25, 0.3) is 0 Å². The number of anilines is 2. The van der Waals surface area contributed by atoms with Crippen LogP contribution in [0.4, 0.5) is 11.4 Å². The van der Waals surface area contributed by atoms with E-state index in [1.54, 1.807) is 18.2 Å². The maximum atomic E-state index is 12.3.